The van der Waals surface area contributed by atoms with Crippen molar-refractivity contribution in [1.29, 1.82) is 5.26 Å². The van der Waals surface area contributed by atoms with Crippen molar-refractivity contribution < 1.29 is 4.74 Å². The second-order valence-corrected chi connectivity index (χ2v) is 5.02. The molecule has 1 fully saturated rings. The van der Waals surface area contributed by atoms with Gasteiger partial charge in [-0.15, -0.1) is 0 Å². The molecule has 1 aromatic rings. The summed E-state index contributed by atoms with van der Waals surface area (Å²) in [5, 5.41) is 16.6. The van der Waals surface area contributed by atoms with E-state index in [0.29, 0.717) is 6.04 Å². The average molecular weight is 248 g/mol. The minimum absolute atomic E-state index is 0.0730. The first-order chi connectivity index (χ1) is 8.67. The van der Waals surface area contributed by atoms with Gasteiger partial charge in [-0.05, 0) is 33.1 Å². The smallest absolute Gasteiger partial charge is 0.157 e. The molecule has 0 saturated heterocycles. The van der Waals surface area contributed by atoms with Crippen LogP contribution in [0.3, 0.4) is 0 Å². The molecule has 1 aliphatic rings. The lowest BCUT2D eigenvalue weighted by Gasteiger charge is -2.10. The van der Waals surface area contributed by atoms with E-state index in [1.54, 1.807) is 6.20 Å². The lowest BCUT2D eigenvalue weighted by atomic mass is 10.2. The standard InChI is InChI=1S/C13H20N4O/c1-10(2)18-13-8-15-17(9-13)6-5-12(7-14)16-11-3-4-11/h8-12,16H,3-6H2,1-2H3. The van der Waals surface area contributed by atoms with Gasteiger partial charge in [-0.3, -0.25) is 10.00 Å². The van der Waals surface area contributed by atoms with Crippen LogP contribution in [0.5, 0.6) is 5.75 Å². The SMILES string of the molecule is CC(C)Oc1cnn(CCC(C#N)NC2CC2)c1. The van der Waals surface area contributed by atoms with Gasteiger partial charge in [0.2, 0.25) is 0 Å². The fourth-order valence-electron chi connectivity index (χ4n) is 1.78. The van der Waals surface area contributed by atoms with E-state index in [2.05, 4.69) is 16.5 Å². The van der Waals surface area contributed by atoms with Crippen molar-refractivity contribution in [1.82, 2.24) is 15.1 Å². The first-order valence-electron chi connectivity index (χ1n) is 6.52. The van der Waals surface area contributed by atoms with Crippen LogP contribution >= 0.6 is 0 Å². The van der Waals surface area contributed by atoms with Crippen LogP contribution in [-0.4, -0.2) is 28.0 Å². The fourth-order valence-corrected chi connectivity index (χ4v) is 1.78. The molecule has 1 N–H and O–H groups in total. The third-order valence-electron chi connectivity index (χ3n) is 2.80. The predicted octanol–water partition coefficient (Wildman–Crippen LogP) is 1.70. The number of nitriles is 1. The molecule has 1 unspecified atom stereocenters. The van der Waals surface area contributed by atoms with Gasteiger partial charge < -0.3 is 4.74 Å². The third-order valence-corrected chi connectivity index (χ3v) is 2.80. The summed E-state index contributed by atoms with van der Waals surface area (Å²) < 4.78 is 7.37. The molecule has 1 saturated carbocycles. The number of rotatable bonds is 7. The third kappa shape index (κ3) is 4.04. The minimum atomic E-state index is -0.0730. The Bertz CT molecular complexity index is 417. The largest absolute Gasteiger partial charge is 0.488 e. The number of nitrogens with zero attached hydrogens (tertiary/aromatic N) is 3. The van der Waals surface area contributed by atoms with Gasteiger partial charge >= 0.3 is 0 Å². The van der Waals surface area contributed by atoms with Crippen LogP contribution in [0.25, 0.3) is 0 Å². The quantitative estimate of drug-likeness (QED) is 0.797. The molecule has 98 valence electrons. The van der Waals surface area contributed by atoms with Crippen molar-refractivity contribution >= 4 is 0 Å². The van der Waals surface area contributed by atoms with Gasteiger partial charge in [-0.2, -0.15) is 10.4 Å². The van der Waals surface area contributed by atoms with E-state index in [1.165, 1.54) is 12.8 Å². The Balaban J connectivity index is 1.77. The van der Waals surface area contributed by atoms with Crippen LogP contribution in [-0.2, 0) is 6.54 Å². The van der Waals surface area contributed by atoms with Crippen LogP contribution in [0.4, 0.5) is 0 Å². The van der Waals surface area contributed by atoms with Gasteiger partial charge in [-0.25, -0.2) is 0 Å². The number of aromatic nitrogens is 2. The lowest BCUT2D eigenvalue weighted by Crippen LogP contribution is -2.30. The molecule has 1 aromatic heterocycles. The summed E-state index contributed by atoms with van der Waals surface area (Å²) in [6.07, 6.45) is 6.93. The Labute approximate surface area is 108 Å². The number of aryl methyl sites for hydroxylation is 1. The molecule has 0 amide bonds. The highest BCUT2D eigenvalue weighted by Crippen LogP contribution is 2.20. The summed E-state index contributed by atoms with van der Waals surface area (Å²) in [7, 11) is 0. The number of hydrogen-bond acceptors (Lipinski definition) is 4. The van der Waals surface area contributed by atoms with Crippen molar-refractivity contribution in [3.05, 3.63) is 12.4 Å². The summed E-state index contributed by atoms with van der Waals surface area (Å²) in [6, 6.07) is 2.79. The van der Waals surface area contributed by atoms with Crippen LogP contribution in [0.15, 0.2) is 12.4 Å². The van der Waals surface area contributed by atoms with Crippen LogP contribution in [0.1, 0.15) is 33.1 Å². The summed E-state index contributed by atoms with van der Waals surface area (Å²) in [5.41, 5.74) is 0. The van der Waals surface area contributed by atoms with E-state index >= 15 is 0 Å². The van der Waals surface area contributed by atoms with Gasteiger partial charge in [-0.1, -0.05) is 0 Å². The van der Waals surface area contributed by atoms with Crippen molar-refractivity contribution in [2.75, 3.05) is 0 Å². The number of hydrogen-bond donors (Lipinski definition) is 1. The topological polar surface area (TPSA) is 62.9 Å². The molecule has 1 heterocycles. The molecular formula is C13H20N4O. The van der Waals surface area contributed by atoms with E-state index in [9.17, 15) is 0 Å². The zero-order chi connectivity index (χ0) is 13.0. The number of nitrogens with one attached hydrogen (secondary N) is 1. The van der Waals surface area contributed by atoms with Crippen molar-refractivity contribution in [2.24, 2.45) is 0 Å². The molecule has 1 aliphatic carbocycles. The Morgan fingerprint density at radius 1 is 1.61 bits per heavy atom. The van der Waals surface area contributed by atoms with Crippen molar-refractivity contribution in [2.45, 2.75) is 57.8 Å². The molecule has 0 aliphatic heterocycles. The molecule has 0 aromatic carbocycles. The Kier molecular flexibility index (Phi) is 4.21. The minimum Gasteiger partial charge on any atom is -0.488 e. The summed E-state index contributed by atoms with van der Waals surface area (Å²) >= 11 is 0. The maximum Gasteiger partial charge on any atom is 0.157 e. The molecule has 5 nitrogen and oxygen atoms in total. The van der Waals surface area contributed by atoms with Crippen LogP contribution < -0.4 is 10.1 Å². The van der Waals surface area contributed by atoms with E-state index in [1.807, 2.05) is 24.7 Å². The van der Waals surface area contributed by atoms with Gasteiger partial charge in [0.25, 0.3) is 0 Å². The predicted molar refractivity (Wildman–Crippen MR) is 68.2 cm³/mol. The van der Waals surface area contributed by atoms with Gasteiger partial charge in [0, 0.05) is 12.6 Å². The zero-order valence-electron chi connectivity index (χ0n) is 11.0. The van der Waals surface area contributed by atoms with Crippen molar-refractivity contribution in [3.63, 3.8) is 0 Å². The van der Waals surface area contributed by atoms with Gasteiger partial charge in [0.1, 0.15) is 0 Å². The molecular weight excluding hydrogens is 228 g/mol. The molecule has 5 heteroatoms. The van der Waals surface area contributed by atoms with Crippen LogP contribution in [0, 0.1) is 11.3 Å². The summed E-state index contributed by atoms with van der Waals surface area (Å²) in [4.78, 5) is 0. The monoisotopic (exact) mass is 248 g/mol. The zero-order valence-corrected chi connectivity index (χ0v) is 11.0. The lowest BCUT2D eigenvalue weighted by molar-refractivity contribution is 0.242. The normalized spacial score (nSPS) is 16.6. The maximum absolute atomic E-state index is 9.04. The Morgan fingerprint density at radius 3 is 3.00 bits per heavy atom. The second kappa shape index (κ2) is 5.87. The van der Waals surface area contributed by atoms with Crippen LogP contribution in [0.2, 0.25) is 0 Å². The first-order valence-corrected chi connectivity index (χ1v) is 6.52. The van der Waals surface area contributed by atoms with E-state index < -0.39 is 0 Å². The maximum atomic E-state index is 9.04. The Hall–Kier alpha value is -1.54. The van der Waals surface area contributed by atoms with E-state index in [4.69, 9.17) is 10.00 Å². The summed E-state index contributed by atoms with van der Waals surface area (Å²) in [5.74, 6) is 0.786. The molecule has 0 radical (unpaired) electrons. The second-order valence-electron chi connectivity index (χ2n) is 5.02. The highest BCUT2D eigenvalue weighted by Gasteiger charge is 2.24. The summed E-state index contributed by atoms with van der Waals surface area (Å²) in [6.45, 7) is 4.71. The molecule has 18 heavy (non-hydrogen) atoms. The highest BCUT2D eigenvalue weighted by atomic mass is 16.5. The Morgan fingerprint density at radius 2 is 2.39 bits per heavy atom. The average Bonchev–Trinajstić information content (AvgIpc) is 3.04. The molecule has 0 bridgehead atoms. The molecule has 1 atom stereocenters. The highest BCUT2D eigenvalue weighted by molar-refractivity contribution is 5.12. The molecule has 0 spiro atoms. The molecule has 2 rings (SSSR count). The van der Waals surface area contributed by atoms with Crippen molar-refractivity contribution in [3.8, 4) is 11.8 Å². The number of ether oxygens (including phenoxy) is 1. The first kappa shape index (κ1) is 12.9. The fraction of sp³-hybridized carbons (Fsp3) is 0.692. The van der Waals surface area contributed by atoms with E-state index in [0.717, 1.165) is 18.7 Å². The van der Waals surface area contributed by atoms with Gasteiger partial charge in [0.15, 0.2) is 5.75 Å². The van der Waals surface area contributed by atoms with E-state index in [-0.39, 0.29) is 12.1 Å². The van der Waals surface area contributed by atoms with Gasteiger partial charge in [0.05, 0.1) is 30.6 Å².